The average molecular weight is 486 g/mol. The first-order chi connectivity index (χ1) is 16.9. The third-order valence-corrected chi connectivity index (χ3v) is 5.71. The van der Waals surface area contributed by atoms with Crippen molar-refractivity contribution in [1.82, 2.24) is 4.90 Å². The Labute approximate surface area is 204 Å². The Balaban J connectivity index is 2.22. The molecule has 1 amide bonds. The highest BCUT2D eigenvalue weighted by Crippen LogP contribution is 2.45. The first-order valence-corrected chi connectivity index (χ1v) is 11.2. The highest BCUT2D eigenvalue weighted by atomic mass is 16.5. The van der Waals surface area contributed by atoms with Crippen LogP contribution in [0.4, 0.5) is 0 Å². The third kappa shape index (κ3) is 5.19. The summed E-state index contributed by atoms with van der Waals surface area (Å²) in [5.74, 6) is -0.138. The molecule has 1 saturated heterocycles. The number of aliphatic hydroxyl groups is 1. The molecule has 0 spiro atoms. The van der Waals surface area contributed by atoms with Crippen LogP contribution < -0.4 is 18.9 Å². The second kappa shape index (κ2) is 11.6. The summed E-state index contributed by atoms with van der Waals surface area (Å²) in [6.07, 6.45) is 0.504. The second-order valence-corrected chi connectivity index (χ2v) is 7.76. The number of carbonyl (C=O) groups excluding carboxylic acids is 2. The topological polar surface area (TPSA) is 104 Å². The maximum Gasteiger partial charge on any atom is 0.295 e. The van der Waals surface area contributed by atoms with Crippen LogP contribution in [0.25, 0.3) is 5.76 Å². The van der Waals surface area contributed by atoms with E-state index in [-0.39, 0.29) is 17.9 Å². The molecule has 2 aromatic rings. The van der Waals surface area contributed by atoms with Gasteiger partial charge in [0.05, 0.1) is 39.6 Å². The molecule has 0 aliphatic carbocycles. The van der Waals surface area contributed by atoms with Gasteiger partial charge in [0, 0.05) is 25.8 Å². The van der Waals surface area contributed by atoms with Crippen LogP contribution in [0.2, 0.25) is 0 Å². The van der Waals surface area contributed by atoms with E-state index in [9.17, 15) is 14.7 Å². The number of Topliss-reactive ketones (excluding diaryl/α,β-unsaturated/α-hetero) is 1. The van der Waals surface area contributed by atoms with Crippen LogP contribution in [-0.4, -0.2) is 69.9 Å². The van der Waals surface area contributed by atoms with E-state index in [1.807, 2.05) is 6.92 Å². The minimum atomic E-state index is -0.878. The molecule has 3 rings (SSSR count). The number of ether oxygens (including phenoxy) is 5. The van der Waals surface area contributed by atoms with Gasteiger partial charge in [0.2, 0.25) is 5.75 Å². The summed E-state index contributed by atoms with van der Waals surface area (Å²) in [6, 6.07) is 9.21. The molecule has 9 nitrogen and oxygen atoms in total. The van der Waals surface area contributed by atoms with E-state index in [0.29, 0.717) is 53.8 Å². The lowest BCUT2D eigenvalue weighted by Crippen LogP contribution is -2.31. The molecule has 2 aromatic carbocycles. The first-order valence-electron chi connectivity index (χ1n) is 11.2. The summed E-state index contributed by atoms with van der Waals surface area (Å²) in [5.41, 5.74) is 0.859. The highest BCUT2D eigenvalue weighted by molar-refractivity contribution is 6.46. The Morgan fingerprint density at radius 3 is 2.26 bits per heavy atom. The zero-order chi connectivity index (χ0) is 25.5. The minimum Gasteiger partial charge on any atom is -0.507 e. The van der Waals surface area contributed by atoms with Gasteiger partial charge in [-0.25, -0.2) is 0 Å². The SMILES string of the molecule is CCOc1cccc(/C(O)=C2\C(=O)C(=O)N(CCCOC)C2c2cc(OC)c(OC)c(OC)c2)c1. The summed E-state index contributed by atoms with van der Waals surface area (Å²) in [5, 5.41) is 11.3. The fraction of sp³-hybridized carbons (Fsp3) is 0.385. The fourth-order valence-electron chi connectivity index (χ4n) is 4.15. The maximum atomic E-state index is 13.2. The lowest BCUT2D eigenvalue weighted by atomic mass is 9.94. The molecule has 0 bridgehead atoms. The molecule has 1 unspecified atom stereocenters. The van der Waals surface area contributed by atoms with Crippen molar-refractivity contribution < 1.29 is 38.4 Å². The molecule has 1 aliphatic heterocycles. The number of ketones is 1. The van der Waals surface area contributed by atoms with Crippen LogP contribution in [0, 0.1) is 0 Å². The monoisotopic (exact) mass is 485 g/mol. The summed E-state index contributed by atoms with van der Waals surface area (Å²) in [7, 11) is 6.02. The van der Waals surface area contributed by atoms with Gasteiger partial charge in [0.25, 0.3) is 11.7 Å². The third-order valence-electron chi connectivity index (χ3n) is 5.71. The Morgan fingerprint density at radius 2 is 1.69 bits per heavy atom. The largest absolute Gasteiger partial charge is 0.507 e. The van der Waals surface area contributed by atoms with Crippen molar-refractivity contribution in [3.63, 3.8) is 0 Å². The number of hydrogen-bond donors (Lipinski definition) is 1. The minimum absolute atomic E-state index is 0.0321. The predicted octanol–water partition coefficient (Wildman–Crippen LogP) is 3.57. The standard InChI is InChI=1S/C26H31NO8/c1-6-35-18-10-7-9-16(13-18)23(28)21-22(27(11-8-12-31-2)26(30)24(21)29)17-14-19(32-3)25(34-5)20(15-17)33-4/h7,9-10,13-15,22,28H,6,8,11-12H2,1-5H3/b23-21+. The van der Waals surface area contributed by atoms with E-state index in [2.05, 4.69) is 0 Å². The number of aliphatic hydroxyl groups excluding tert-OH is 1. The quantitative estimate of drug-likeness (QED) is 0.223. The van der Waals surface area contributed by atoms with Gasteiger partial charge < -0.3 is 33.7 Å². The van der Waals surface area contributed by atoms with E-state index in [1.165, 1.54) is 26.2 Å². The van der Waals surface area contributed by atoms with E-state index in [0.717, 1.165) is 0 Å². The smallest absolute Gasteiger partial charge is 0.295 e. The van der Waals surface area contributed by atoms with Gasteiger partial charge in [-0.05, 0) is 43.2 Å². The molecule has 1 N–H and O–H groups in total. The van der Waals surface area contributed by atoms with Crippen molar-refractivity contribution in [2.45, 2.75) is 19.4 Å². The van der Waals surface area contributed by atoms with Crippen molar-refractivity contribution in [2.24, 2.45) is 0 Å². The molecule has 1 fully saturated rings. The predicted molar refractivity (Wildman–Crippen MR) is 129 cm³/mol. The molecule has 1 heterocycles. The Morgan fingerprint density at radius 1 is 1.00 bits per heavy atom. The van der Waals surface area contributed by atoms with Crippen molar-refractivity contribution in [2.75, 3.05) is 48.2 Å². The molecule has 0 aromatic heterocycles. The fourth-order valence-corrected chi connectivity index (χ4v) is 4.15. The van der Waals surface area contributed by atoms with Crippen molar-refractivity contribution in [1.29, 1.82) is 0 Å². The van der Waals surface area contributed by atoms with Gasteiger partial charge in [-0.15, -0.1) is 0 Å². The van der Waals surface area contributed by atoms with Crippen molar-refractivity contribution in [3.05, 3.63) is 53.1 Å². The molecule has 1 atom stereocenters. The van der Waals surface area contributed by atoms with Crippen LogP contribution in [0.3, 0.4) is 0 Å². The number of amides is 1. The molecule has 0 radical (unpaired) electrons. The summed E-state index contributed by atoms with van der Waals surface area (Å²) in [4.78, 5) is 27.8. The van der Waals surface area contributed by atoms with Gasteiger partial charge in [0.1, 0.15) is 11.5 Å². The van der Waals surface area contributed by atoms with Gasteiger partial charge in [-0.3, -0.25) is 9.59 Å². The number of benzene rings is 2. The molecule has 1 aliphatic rings. The molecule has 9 heteroatoms. The van der Waals surface area contributed by atoms with E-state index in [1.54, 1.807) is 43.5 Å². The normalized spacial score (nSPS) is 16.9. The zero-order valence-electron chi connectivity index (χ0n) is 20.6. The molecule has 188 valence electrons. The lowest BCUT2D eigenvalue weighted by molar-refractivity contribution is -0.140. The maximum absolute atomic E-state index is 13.2. The van der Waals surface area contributed by atoms with Crippen molar-refractivity contribution >= 4 is 17.4 Å². The number of likely N-dealkylation sites (tertiary alicyclic amines) is 1. The highest BCUT2D eigenvalue weighted by Gasteiger charge is 2.46. The van der Waals surface area contributed by atoms with Crippen LogP contribution in [-0.2, 0) is 14.3 Å². The van der Waals surface area contributed by atoms with Crippen LogP contribution in [0.1, 0.15) is 30.5 Å². The summed E-state index contributed by atoms with van der Waals surface area (Å²) < 4.78 is 27.0. The van der Waals surface area contributed by atoms with Gasteiger partial charge in [-0.1, -0.05) is 12.1 Å². The number of rotatable bonds is 11. The second-order valence-electron chi connectivity index (χ2n) is 7.76. The number of carbonyl (C=O) groups is 2. The van der Waals surface area contributed by atoms with Crippen LogP contribution >= 0.6 is 0 Å². The average Bonchev–Trinajstić information content (AvgIpc) is 3.12. The molecular formula is C26H31NO8. The van der Waals surface area contributed by atoms with Crippen LogP contribution in [0.15, 0.2) is 42.0 Å². The number of nitrogens with zero attached hydrogens (tertiary/aromatic N) is 1. The van der Waals surface area contributed by atoms with Gasteiger partial charge in [-0.2, -0.15) is 0 Å². The van der Waals surface area contributed by atoms with E-state index in [4.69, 9.17) is 23.7 Å². The Hall–Kier alpha value is -3.72. The summed E-state index contributed by atoms with van der Waals surface area (Å²) in [6.45, 7) is 2.94. The number of methoxy groups -OCH3 is 4. The lowest BCUT2D eigenvalue weighted by Gasteiger charge is -2.26. The molecular weight excluding hydrogens is 454 g/mol. The zero-order valence-corrected chi connectivity index (χ0v) is 20.6. The van der Waals surface area contributed by atoms with Gasteiger partial charge in [0.15, 0.2) is 11.5 Å². The molecule has 0 saturated carbocycles. The van der Waals surface area contributed by atoms with Gasteiger partial charge >= 0.3 is 0 Å². The molecule has 35 heavy (non-hydrogen) atoms. The van der Waals surface area contributed by atoms with Crippen LogP contribution in [0.5, 0.6) is 23.0 Å². The van der Waals surface area contributed by atoms with E-state index < -0.39 is 17.7 Å². The summed E-state index contributed by atoms with van der Waals surface area (Å²) >= 11 is 0. The Bertz CT molecular complexity index is 1090. The number of hydrogen-bond acceptors (Lipinski definition) is 8. The first kappa shape index (κ1) is 25.9. The van der Waals surface area contributed by atoms with Crippen molar-refractivity contribution in [3.8, 4) is 23.0 Å². The van der Waals surface area contributed by atoms with E-state index >= 15 is 0 Å². The Kier molecular flexibility index (Phi) is 8.59.